The fraction of sp³-hybridized carbons (Fsp3) is 0.818. The number of amides is 5. The van der Waals surface area contributed by atoms with Gasteiger partial charge < -0.3 is 15.5 Å². The minimum Gasteiger partial charge on any atom is -0.353 e. The summed E-state index contributed by atoms with van der Waals surface area (Å²) in [6, 6.07) is -0.379. The molecule has 3 aliphatic rings. The van der Waals surface area contributed by atoms with Gasteiger partial charge in [0.05, 0.1) is 0 Å². The van der Waals surface area contributed by atoms with E-state index < -0.39 is 11.6 Å². The molecular formula is C22H37N5O4. The number of piperidine rings is 1. The molecule has 0 radical (unpaired) electrons. The lowest BCUT2D eigenvalue weighted by molar-refractivity contribution is -0.140. The molecule has 2 heterocycles. The first-order valence-electron chi connectivity index (χ1n) is 11.7. The van der Waals surface area contributed by atoms with Crippen LogP contribution in [0.25, 0.3) is 0 Å². The number of hydrogen-bond acceptors (Lipinski definition) is 5. The fourth-order valence-corrected chi connectivity index (χ4v) is 4.58. The van der Waals surface area contributed by atoms with Crippen LogP contribution in [0.5, 0.6) is 0 Å². The molecule has 1 saturated carbocycles. The molecule has 0 aromatic heterocycles. The van der Waals surface area contributed by atoms with Crippen molar-refractivity contribution in [2.24, 2.45) is 11.8 Å². The Morgan fingerprint density at radius 3 is 2.35 bits per heavy atom. The van der Waals surface area contributed by atoms with Crippen molar-refractivity contribution in [3.63, 3.8) is 0 Å². The van der Waals surface area contributed by atoms with E-state index in [1.165, 1.54) is 0 Å². The van der Waals surface area contributed by atoms with Crippen molar-refractivity contribution in [1.82, 2.24) is 26.0 Å². The van der Waals surface area contributed by atoms with Gasteiger partial charge in [0.15, 0.2) is 0 Å². The van der Waals surface area contributed by atoms with Crippen LogP contribution in [0.4, 0.5) is 4.79 Å². The standard InChI is InChI=1S/C22H37N5O4/c1-15(2)16(3)23-19(29)17-7-12-26(13-8-17)14-9-18(28)25-27-20(30)22(24-21(27)31)10-5-4-6-11-22/h15-17H,4-14H2,1-3H3,(H,23,29)(H,24,31)(H,25,28). The monoisotopic (exact) mass is 435 g/mol. The van der Waals surface area contributed by atoms with E-state index in [4.69, 9.17) is 0 Å². The van der Waals surface area contributed by atoms with Crippen LogP contribution in [0.2, 0.25) is 0 Å². The Morgan fingerprint density at radius 1 is 1.10 bits per heavy atom. The molecule has 3 rings (SSSR count). The molecule has 2 aliphatic heterocycles. The van der Waals surface area contributed by atoms with Gasteiger partial charge >= 0.3 is 6.03 Å². The number of carbonyl (C=O) groups excluding carboxylic acids is 4. The van der Waals surface area contributed by atoms with Crippen molar-refractivity contribution >= 4 is 23.8 Å². The average molecular weight is 436 g/mol. The second-order valence-corrected chi connectivity index (χ2v) is 9.66. The molecule has 1 atom stereocenters. The van der Waals surface area contributed by atoms with Gasteiger partial charge in [0.2, 0.25) is 11.8 Å². The maximum absolute atomic E-state index is 12.7. The number of nitrogens with zero attached hydrogens (tertiary/aromatic N) is 2. The molecule has 31 heavy (non-hydrogen) atoms. The number of imide groups is 1. The number of nitrogens with one attached hydrogen (secondary N) is 3. The molecule has 174 valence electrons. The maximum Gasteiger partial charge on any atom is 0.344 e. The van der Waals surface area contributed by atoms with Crippen molar-refractivity contribution in [2.75, 3.05) is 19.6 Å². The first-order chi connectivity index (χ1) is 14.7. The highest BCUT2D eigenvalue weighted by Gasteiger charge is 2.52. The average Bonchev–Trinajstić information content (AvgIpc) is 2.96. The van der Waals surface area contributed by atoms with Crippen LogP contribution < -0.4 is 16.1 Å². The first kappa shape index (κ1) is 23.5. The highest BCUT2D eigenvalue weighted by molar-refractivity contribution is 6.08. The third-order valence-corrected chi connectivity index (χ3v) is 7.09. The molecule has 2 saturated heterocycles. The summed E-state index contributed by atoms with van der Waals surface area (Å²) in [5.41, 5.74) is 1.66. The van der Waals surface area contributed by atoms with Gasteiger partial charge in [-0.1, -0.05) is 33.1 Å². The number of hydrazine groups is 1. The van der Waals surface area contributed by atoms with Crippen LogP contribution in [-0.4, -0.2) is 64.9 Å². The molecule has 1 spiro atoms. The van der Waals surface area contributed by atoms with E-state index in [2.05, 4.69) is 34.8 Å². The molecule has 1 aliphatic carbocycles. The Morgan fingerprint density at radius 2 is 1.74 bits per heavy atom. The third kappa shape index (κ3) is 5.56. The van der Waals surface area contributed by atoms with Crippen molar-refractivity contribution in [1.29, 1.82) is 0 Å². The van der Waals surface area contributed by atoms with Crippen molar-refractivity contribution in [3.05, 3.63) is 0 Å². The minimum atomic E-state index is -0.835. The summed E-state index contributed by atoms with van der Waals surface area (Å²) in [7, 11) is 0. The number of rotatable bonds is 7. The van der Waals surface area contributed by atoms with Gasteiger partial charge in [-0.2, -0.15) is 5.01 Å². The van der Waals surface area contributed by atoms with Crippen LogP contribution in [0, 0.1) is 11.8 Å². The quantitative estimate of drug-likeness (QED) is 0.525. The van der Waals surface area contributed by atoms with Gasteiger partial charge in [0.1, 0.15) is 5.54 Å². The number of hydrogen-bond donors (Lipinski definition) is 3. The summed E-state index contributed by atoms with van der Waals surface area (Å²) in [6.07, 6.45) is 5.86. The second-order valence-electron chi connectivity index (χ2n) is 9.66. The molecule has 0 bridgehead atoms. The zero-order chi connectivity index (χ0) is 22.6. The Labute approximate surface area is 184 Å². The lowest BCUT2D eigenvalue weighted by Gasteiger charge is -2.32. The fourth-order valence-electron chi connectivity index (χ4n) is 4.58. The highest BCUT2D eigenvalue weighted by atomic mass is 16.2. The van der Waals surface area contributed by atoms with Crippen LogP contribution in [0.15, 0.2) is 0 Å². The molecule has 9 heteroatoms. The summed E-state index contributed by atoms with van der Waals surface area (Å²) in [5.74, 6) is -0.146. The number of carbonyl (C=O) groups is 4. The maximum atomic E-state index is 12.7. The Balaban J connectivity index is 1.39. The SMILES string of the molecule is CC(C)C(C)NC(=O)C1CCN(CCC(=O)NN2C(=O)NC3(CCCCC3)C2=O)CC1. The van der Waals surface area contributed by atoms with Crippen molar-refractivity contribution in [2.45, 2.75) is 83.7 Å². The molecule has 3 N–H and O–H groups in total. The Bertz CT molecular complexity index is 696. The summed E-state index contributed by atoms with van der Waals surface area (Å²) in [4.78, 5) is 51.9. The summed E-state index contributed by atoms with van der Waals surface area (Å²) in [5, 5.41) is 6.74. The molecular weight excluding hydrogens is 398 g/mol. The number of likely N-dealkylation sites (tertiary alicyclic amines) is 1. The van der Waals surface area contributed by atoms with Gasteiger partial charge in [-0.15, -0.1) is 0 Å². The minimum absolute atomic E-state index is 0.0175. The molecule has 5 amide bonds. The molecule has 9 nitrogen and oxygen atoms in total. The van der Waals surface area contributed by atoms with Gasteiger partial charge in [0.25, 0.3) is 5.91 Å². The predicted octanol–water partition coefficient (Wildman–Crippen LogP) is 1.54. The Hall–Kier alpha value is -2.16. The van der Waals surface area contributed by atoms with E-state index in [-0.39, 0.29) is 36.1 Å². The van der Waals surface area contributed by atoms with Gasteiger partial charge in [0, 0.05) is 24.9 Å². The van der Waals surface area contributed by atoms with E-state index in [0.29, 0.717) is 25.3 Å². The lowest BCUT2D eigenvalue weighted by atomic mass is 9.82. The van der Waals surface area contributed by atoms with Crippen LogP contribution in [0.3, 0.4) is 0 Å². The van der Waals surface area contributed by atoms with Crippen LogP contribution in [-0.2, 0) is 14.4 Å². The molecule has 0 aromatic rings. The molecule has 0 aromatic carbocycles. The van der Waals surface area contributed by atoms with Gasteiger partial charge in [-0.25, -0.2) is 4.79 Å². The number of urea groups is 1. The predicted molar refractivity (Wildman–Crippen MR) is 116 cm³/mol. The largest absolute Gasteiger partial charge is 0.353 e. The zero-order valence-electron chi connectivity index (χ0n) is 19.0. The van der Waals surface area contributed by atoms with Gasteiger partial charge in [-0.3, -0.25) is 19.8 Å². The van der Waals surface area contributed by atoms with E-state index in [1.54, 1.807) is 0 Å². The summed E-state index contributed by atoms with van der Waals surface area (Å²) >= 11 is 0. The second kappa shape index (κ2) is 9.97. The Kier molecular flexibility index (Phi) is 7.56. The van der Waals surface area contributed by atoms with E-state index >= 15 is 0 Å². The first-order valence-corrected chi connectivity index (χ1v) is 11.7. The topological polar surface area (TPSA) is 111 Å². The summed E-state index contributed by atoms with van der Waals surface area (Å²) in [6.45, 7) is 8.26. The molecule has 1 unspecified atom stereocenters. The van der Waals surface area contributed by atoms with Crippen LogP contribution >= 0.6 is 0 Å². The zero-order valence-corrected chi connectivity index (χ0v) is 19.0. The van der Waals surface area contributed by atoms with E-state index in [9.17, 15) is 19.2 Å². The van der Waals surface area contributed by atoms with Crippen LogP contribution in [0.1, 0.15) is 72.1 Å². The molecule has 3 fully saturated rings. The third-order valence-electron chi connectivity index (χ3n) is 7.09. The lowest BCUT2D eigenvalue weighted by Crippen LogP contribution is -2.51. The van der Waals surface area contributed by atoms with Crippen molar-refractivity contribution in [3.8, 4) is 0 Å². The van der Waals surface area contributed by atoms with Gasteiger partial charge in [-0.05, 0) is 51.6 Å². The summed E-state index contributed by atoms with van der Waals surface area (Å²) < 4.78 is 0. The highest BCUT2D eigenvalue weighted by Crippen LogP contribution is 2.33. The van der Waals surface area contributed by atoms with Crippen molar-refractivity contribution < 1.29 is 19.2 Å². The van der Waals surface area contributed by atoms with E-state index in [1.807, 2.05) is 6.92 Å². The smallest absolute Gasteiger partial charge is 0.344 e. The van der Waals surface area contributed by atoms with E-state index in [0.717, 1.165) is 50.2 Å². The normalized spacial score (nSPS) is 23.2.